The highest BCUT2D eigenvalue weighted by Crippen LogP contribution is 2.58. The number of piperidine rings is 1. The molecule has 3 aromatic carbocycles. The maximum atomic E-state index is 14.0. The second-order valence-electron chi connectivity index (χ2n) is 10.6. The number of rotatable bonds is 7. The topological polar surface area (TPSA) is 74.3 Å². The van der Waals surface area contributed by atoms with Gasteiger partial charge in [-0.2, -0.15) is 0 Å². The summed E-state index contributed by atoms with van der Waals surface area (Å²) in [6.45, 7) is 1.04. The summed E-state index contributed by atoms with van der Waals surface area (Å²) in [4.78, 5) is 29.1. The van der Waals surface area contributed by atoms with Crippen molar-refractivity contribution in [3.63, 3.8) is 0 Å². The second-order valence-corrected chi connectivity index (χ2v) is 10.6. The average molecular weight is 540 g/mol. The second kappa shape index (κ2) is 10.7. The van der Waals surface area contributed by atoms with Gasteiger partial charge in [-0.15, -0.1) is 0 Å². The summed E-state index contributed by atoms with van der Waals surface area (Å²) in [5.41, 5.74) is 3.49. The molecule has 3 aliphatic rings. The number of methoxy groups -OCH3 is 2. The first-order valence-electron chi connectivity index (χ1n) is 13.7. The highest BCUT2D eigenvalue weighted by Gasteiger charge is 2.60. The Kier molecular flexibility index (Phi) is 6.96. The molecule has 2 aliphatic carbocycles. The molecule has 0 saturated carbocycles. The number of benzene rings is 3. The molecule has 1 amide bonds. The summed E-state index contributed by atoms with van der Waals surface area (Å²) in [5.74, 6) is 1.10. The number of allylic oxidation sites excluding steroid dienone is 2. The number of amides is 1. The van der Waals surface area contributed by atoms with Gasteiger partial charge in [-0.3, -0.25) is 4.79 Å². The minimum atomic E-state index is -0.547. The van der Waals surface area contributed by atoms with Gasteiger partial charge in [-0.05, 0) is 48.1 Å². The lowest BCUT2D eigenvalue weighted by Crippen LogP contribution is -2.64. The minimum absolute atomic E-state index is 0.0817. The first-order valence-corrected chi connectivity index (χ1v) is 13.7. The van der Waals surface area contributed by atoms with Crippen molar-refractivity contribution in [1.29, 1.82) is 0 Å². The highest BCUT2D eigenvalue weighted by molar-refractivity contribution is 5.99. The zero-order chi connectivity index (χ0) is 27.7. The van der Waals surface area contributed by atoms with E-state index in [0.29, 0.717) is 49.7 Å². The zero-order valence-electron chi connectivity index (χ0n) is 22.8. The van der Waals surface area contributed by atoms with Crippen LogP contribution >= 0.6 is 0 Å². The Morgan fingerprint density at radius 3 is 2.30 bits per heavy atom. The Bertz CT molecular complexity index is 1440. The van der Waals surface area contributed by atoms with E-state index in [0.717, 1.165) is 22.3 Å². The molecule has 1 heterocycles. The molecule has 1 saturated heterocycles. The smallest absolute Gasteiger partial charge is 0.410 e. The van der Waals surface area contributed by atoms with E-state index in [2.05, 4.69) is 0 Å². The third kappa shape index (κ3) is 4.39. The van der Waals surface area contributed by atoms with E-state index >= 15 is 0 Å². The van der Waals surface area contributed by atoms with Crippen LogP contribution in [0.15, 0.2) is 84.6 Å². The molecule has 0 aromatic heterocycles. The van der Waals surface area contributed by atoms with Crippen LogP contribution in [-0.4, -0.2) is 43.6 Å². The van der Waals surface area contributed by atoms with Crippen molar-refractivity contribution < 1.29 is 28.5 Å². The quantitative estimate of drug-likeness (QED) is 0.389. The number of carbonyl (C=O) groups excluding carboxylic acids is 2. The molecule has 3 atom stereocenters. The number of hydrogen-bond acceptors (Lipinski definition) is 6. The average Bonchev–Trinajstić information content (AvgIpc) is 2.99. The summed E-state index contributed by atoms with van der Waals surface area (Å²) in [6.07, 6.45) is 3.21. The van der Waals surface area contributed by atoms with E-state index in [1.54, 1.807) is 12.0 Å². The van der Waals surface area contributed by atoms with Crippen molar-refractivity contribution in [2.45, 2.75) is 43.9 Å². The lowest BCUT2D eigenvalue weighted by Gasteiger charge is -2.56. The Morgan fingerprint density at radius 1 is 0.925 bits per heavy atom. The SMILES string of the molecule is COC1=CC[C@]23CCN(C(=O)OCc4ccccc4)[C@H](Cc4ccc(OC)c(OCc5ccccc5)c42)[C@H]3C1=O. The van der Waals surface area contributed by atoms with Crippen LogP contribution in [0.25, 0.3) is 0 Å². The van der Waals surface area contributed by atoms with Crippen LogP contribution in [0.4, 0.5) is 4.79 Å². The highest BCUT2D eigenvalue weighted by atomic mass is 16.6. The number of ether oxygens (including phenoxy) is 4. The fourth-order valence-corrected chi connectivity index (χ4v) is 6.78. The summed E-state index contributed by atoms with van der Waals surface area (Å²) >= 11 is 0. The predicted molar refractivity (Wildman–Crippen MR) is 149 cm³/mol. The summed E-state index contributed by atoms with van der Waals surface area (Å²) in [6, 6.07) is 23.2. The van der Waals surface area contributed by atoms with Gasteiger partial charge in [0.05, 0.1) is 26.2 Å². The van der Waals surface area contributed by atoms with Crippen LogP contribution in [0.2, 0.25) is 0 Å². The molecular formula is C33H33NO6. The molecular weight excluding hydrogens is 506 g/mol. The normalized spacial score (nSPS) is 22.9. The molecule has 40 heavy (non-hydrogen) atoms. The number of ketones is 1. The Balaban J connectivity index is 1.39. The summed E-state index contributed by atoms with van der Waals surface area (Å²) in [5, 5.41) is 0. The molecule has 0 N–H and O–H groups in total. The largest absolute Gasteiger partial charge is 0.493 e. The standard InChI is InChI=1S/C33H33NO6/c1-37-26-15-16-33-17-18-34(32(36)40-21-23-11-7-4-8-12-23)25(29(33)30(26)35)19-24-13-14-27(38-2)31(28(24)33)39-20-22-9-5-3-6-10-22/h3-15,25,29H,16-21H2,1-2H3/t25-,29+,33+/m1/s1. The van der Waals surface area contributed by atoms with Crippen LogP contribution in [0.3, 0.4) is 0 Å². The minimum Gasteiger partial charge on any atom is -0.493 e. The van der Waals surface area contributed by atoms with Gasteiger partial charge in [-0.25, -0.2) is 4.79 Å². The van der Waals surface area contributed by atoms with Gasteiger partial charge >= 0.3 is 6.09 Å². The predicted octanol–water partition coefficient (Wildman–Crippen LogP) is 5.60. The zero-order valence-corrected chi connectivity index (χ0v) is 22.8. The molecule has 6 rings (SSSR count). The molecule has 1 fully saturated rings. The van der Waals surface area contributed by atoms with Crippen molar-refractivity contribution in [2.75, 3.05) is 20.8 Å². The van der Waals surface area contributed by atoms with Crippen LogP contribution in [0.5, 0.6) is 11.5 Å². The maximum absolute atomic E-state index is 14.0. The van der Waals surface area contributed by atoms with Gasteiger partial charge in [0.1, 0.15) is 13.2 Å². The van der Waals surface area contributed by atoms with E-state index in [1.807, 2.05) is 78.9 Å². The molecule has 1 aliphatic heterocycles. The van der Waals surface area contributed by atoms with Crippen LogP contribution in [0, 0.1) is 5.92 Å². The van der Waals surface area contributed by atoms with Gasteiger partial charge in [0.2, 0.25) is 5.78 Å². The Hall–Kier alpha value is -4.26. The number of Topliss-reactive ketones (excluding diaryl/α,β-unsaturated/α-hetero) is 1. The molecule has 206 valence electrons. The lowest BCUT2D eigenvalue weighted by atomic mass is 9.53. The number of fused-ring (bicyclic) bond motifs is 1. The first kappa shape index (κ1) is 26.0. The van der Waals surface area contributed by atoms with Gasteiger partial charge in [-0.1, -0.05) is 66.7 Å². The summed E-state index contributed by atoms with van der Waals surface area (Å²) < 4.78 is 23.5. The van der Waals surface area contributed by atoms with E-state index in [-0.39, 0.29) is 18.4 Å². The number of nitrogens with zero attached hydrogens (tertiary/aromatic N) is 1. The monoisotopic (exact) mass is 539 g/mol. The molecule has 0 radical (unpaired) electrons. The van der Waals surface area contributed by atoms with Crippen molar-refractivity contribution >= 4 is 11.9 Å². The fraction of sp³-hybridized carbons (Fsp3) is 0.333. The van der Waals surface area contributed by atoms with E-state index in [4.69, 9.17) is 18.9 Å². The molecule has 0 unspecified atom stereocenters. The van der Waals surface area contributed by atoms with E-state index < -0.39 is 17.4 Å². The summed E-state index contributed by atoms with van der Waals surface area (Å²) in [7, 11) is 3.16. The van der Waals surface area contributed by atoms with Crippen LogP contribution in [0.1, 0.15) is 35.1 Å². The Morgan fingerprint density at radius 2 is 1.62 bits per heavy atom. The molecule has 7 heteroatoms. The van der Waals surface area contributed by atoms with Gasteiger partial charge in [0.15, 0.2) is 17.3 Å². The molecule has 3 aromatic rings. The van der Waals surface area contributed by atoms with Gasteiger partial charge < -0.3 is 23.8 Å². The van der Waals surface area contributed by atoms with Gasteiger partial charge in [0, 0.05) is 17.5 Å². The first-order chi connectivity index (χ1) is 19.6. The Labute approximate surface area is 234 Å². The fourth-order valence-electron chi connectivity index (χ4n) is 6.78. The van der Waals surface area contributed by atoms with Crippen LogP contribution < -0.4 is 9.47 Å². The number of hydrogen-bond donors (Lipinski definition) is 0. The number of likely N-dealkylation sites (tertiary alicyclic amines) is 1. The van der Waals surface area contributed by atoms with E-state index in [1.165, 1.54) is 7.11 Å². The van der Waals surface area contributed by atoms with Gasteiger partial charge in [0.25, 0.3) is 0 Å². The molecule has 2 bridgehead atoms. The molecule has 0 spiro atoms. The third-order valence-electron chi connectivity index (χ3n) is 8.60. The molecule has 7 nitrogen and oxygen atoms in total. The maximum Gasteiger partial charge on any atom is 0.410 e. The number of carbonyl (C=O) groups is 2. The van der Waals surface area contributed by atoms with Crippen LogP contribution in [-0.2, 0) is 39.3 Å². The van der Waals surface area contributed by atoms with E-state index in [9.17, 15) is 9.59 Å². The van der Waals surface area contributed by atoms with Crippen molar-refractivity contribution in [3.8, 4) is 11.5 Å². The third-order valence-corrected chi connectivity index (χ3v) is 8.60. The lowest BCUT2D eigenvalue weighted by molar-refractivity contribution is -0.131. The van der Waals surface area contributed by atoms with Crippen molar-refractivity contribution in [3.05, 3.63) is 107 Å². The van der Waals surface area contributed by atoms with Crippen molar-refractivity contribution in [1.82, 2.24) is 4.90 Å². The van der Waals surface area contributed by atoms with Crippen molar-refractivity contribution in [2.24, 2.45) is 5.92 Å².